The highest BCUT2D eigenvalue weighted by molar-refractivity contribution is 5.90. The quantitative estimate of drug-likeness (QED) is 0.255. The molecule has 0 aromatic carbocycles. The van der Waals surface area contributed by atoms with Gasteiger partial charge in [-0.05, 0) is 43.9 Å². The molecule has 0 aromatic rings. The van der Waals surface area contributed by atoms with E-state index < -0.39 is 118 Å². The molecule has 264 valence electrons. The maximum absolute atomic E-state index is 14.9. The smallest absolute Gasteiger partial charge is 0.303 e. The Balaban J connectivity index is 1.38. The number of carbonyl (C=O) groups is 4. The fourth-order valence-electron chi connectivity index (χ4n) is 13.5. The standard InChI is InChI=1S/C36H48O12/c1-12-21-20(27(43-15(4)37)25(40)18-11-19-26(46-19)31(32(18,21)7)45-17(6)39)23-28(44-16(5)38)24-22(33(23,8)29(12)41)13(2)30-36(48-30)34(24,9)35(10,42)14(3)47-36/h12-13,18-24,26-31,41-42H,3,11H2,1-2,4-10H3/t12-,13-,18+,19-,20+,21-,22-,23+,24-,26-,27+,28+,29-,30-,31-,32-,33+,34-,35+,36+/m0/s1. The number of esters is 3. The largest absolute Gasteiger partial charge is 0.462 e. The van der Waals surface area contributed by atoms with Crippen molar-refractivity contribution in [2.45, 2.75) is 123 Å². The maximum Gasteiger partial charge on any atom is 0.303 e. The minimum absolute atomic E-state index is 0.153. The van der Waals surface area contributed by atoms with Gasteiger partial charge in [-0.1, -0.05) is 34.3 Å². The first-order valence-electron chi connectivity index (χ1n) is 17.4. The summed E-state index contributed by atoms with van der Waals surface area (Å²) in [5, 5.41) is 25.0. The number of aliphatic hydroxyl groups is 2. The van der Waals surface area contributed by atoms with Gasteiger partial charge in [0.15, 0.2) is 11.9 Å². The van der Waals surface area contributed by atoms with Crippen LogP contribution in [0.4, 0.5) is 0 Å². The number of hydrogen-bond acceptors (Lipinski definition) is 12. The number of ether oxygens (including phenoxy) is 6. The number of carbonyl (C=O) groups excluding carboxylic acids is 4. The highest BCUT2D eigenvalue weighted by Gasteiger charge is 2.92. The van der Waals surface area contributed by atoms with Gasteiger partial charge in [-0.2, -0.15) is 0 Å². The molecule has 0 radical (unpaired) electrons. The van der Waals surface area contributed by atoms with E-state index in [9.17, 15) is 29.4 Å². The Morgan fingerprint density at radius 2 is 1.50 bits per heavy atom. The lowest BCUT2D eigenvalue weighted by molar-refractivity contribution is -0.251. The van der Waals surface area contributed by atoms with Crippen LogP contribution in [0.15, 0.2) is 12.3 Å². The van der Waals surface area contributed by atoms with E-state index in [4.69, 9.17) is 28.4 Å². The third kappa shape index (κ3) is 3.42. The first-order valence-corrected chi connectivity index (χ1v) is 17.4. The Morgan fingerprint density at radius 1 is 0.875 bits per heavy atom. The highest BCUT2D eigenvalue weighted by Crippen LogP contribution is 2.82. The first-order chi connectivity index (χ1) is 22.2. The van der Waals surface area contributed by atoms with Crippen LogP contribution in [0.2, 0.25) is 0 Å². The summed E-state index contributed by atoms with van der Waals surface area (Å²) in [7, 11) is 0. The van der Waals surface area contributed by atoms with E-state index in [2.05, 4.69) is 6.58 Å². The summed E-state index contributed by atoms with van der Waals surface area (Å²) in [6, 6.07) is 0. The zero-order valence-electron chi connectivity index (χ0n) is 29.1. The molecule has 2 N–H and O–H groups in total. The monoisotopic (exact) mass is 672 g/mol. The van der Waals surface area contributed by atoms with Crippen molar-refractivity contribution >= 4 is 23.7 Å². The molecule has 3 aliphatic heterocycles. The highest BCUT2D eigenvalue weighted by atomic mass is 16.8. The van der Waals surface area contributed by atoms with Crippen molar-refractivity contribution in [3.8, 4) is 0 Å². The Kier molecular flexibility index (Phi) is 6.40. The van der Waals surface area contributed by atoms with Crippen LogP contribution in [0.5, 0.6) is 0 Å². The van der Waals surface area contributed by atoms with Gasteiger partial charge >= 0.3 is 17.9 Å². The molecule has 12 heteroatoms. The van der Waals surface area contributed by atoms with Crippen LogP contribution in [0.3, 0.4) is 0 Å². The van der Waals surface area contributed by atoms with Gasteiger partial charge in [0.2, 0.25) is 5.79 Å². The van der Waals surface area contributed by atoms with Gasteiger partial charge in [-0.3, -0.25) is 19.2 Å². The van der Waals surface area contributed by atoms with Crippen LogP contribution in [0.1, 0.15) is 68.7 Å². The fourth-order valence-corrected chi connectivity index (χ4v) is 13.5. The summed E-state index contributed by atoms with van der Waals surface area (Å²) in [6.07, 6.45) is -4.67. The molecule has 0 bridgehead atoms. The van der Waals surface area contributed by atoms with E-state index in [-0.39, 0.29) is 29.5 Å². The average molecular weight is 673 g/mol. The van der Waals surface area contributed by atoms with Crippen LogP contribution in [0.25, 0.3) is 0 Å². The molecule has 0 unspecified atom stereocenters. The van der Waals surface area contributed by atoms with Gasteiger partial charge in [0.25, 0.3) is 0 Å². The van der Waals surface area contributed by atoms with E-state index >= 15 is 0 Å². The first kappa shape index (κ1) is 32.7. The molecule has 0 amide bonds. The zero-order chi connectivity index (χ0) is 35.0. The molecule has 8 fully saturated rings. The molecular weight excluding hydrogens is 624 g/mol. The third-order valence-electron chi connectivity index (χ3n) is 15.3. The van der Waals surface area contributed by atoms with Gasteiger partial charge in [0.1, 0.15) is 35.8 Å². The van der Waals surface area contributed by atoms with E-state index in [1.165, 1.54) is 20.8 Å². The minimum Gasteiger partial charge on any atom is -0.462 e. The van der Waals surface area contributed by atoms with Crippen LogP contribution in [-0.2, 0) is 47.6 Å². The Labute approximate surface area is 280 Å². The van der Waals surface area contributed by atoms with Crippen molar-refractivity contribution in [1.82, 2.24) is 0 Å². The number of hydrogen-bond donors (Lipinski definition) is 2. The van der Waals surface area contributed by atoms with Crippen molar-refractivity contribution in [2.75, 3.05) is 0 Å². The summed E-state index contributed by atoms with van der Waals surface area (Å²) in [5.74, 6) is -7.42. The lowest BCUT2D eigenvalue weighted by atomic mass is 9.39. The zero-order valence-corrected chi connectivity index (χ0v) is 29.1. The van der Waals surface area contributed by atoms with Gasteiger partial charge in [-0.15, -0.1) is 0 Å². The molecule has 12 nitrogen and oxygen atoms in total. The van der Waals surface area contributed by atoms with Gasteiger partial charge in [-0.25, -0.2) is 0 Å². The summed E-state index contributed by atoms with van der Waals surface area (Å²) < 4.78 is 37.1. The topological polar surface area (TPSA) is 171 Å². The van der Waals surface area contributed by atoms with Crippen molar-refractivity contribution < 1.29 is 57.8 Å². The summed E-state index contributed by atoms with van der Waals surface area (Å²) in [5.41, 5.74) is -4.81. The van der Waals surface area contributed by atoms with Crippen LogP contribution < -0.4 is 0 Å². The number of ketones is 1. The molecule has 5 aliphatic carbocycles. The Morgan fingerprint density at radius 3 is 2.10 bits per heavy atom. The molecule has 3 heterocycles. The number of Topliss-reactive ketones (excluding diaryl/α,β-unsaturated/α-hetero) is 1. The second kappa shape index (κ2) is 9.41. The fraction of sp³-hybridized carbons (Fsp3) is 0.833. The summed E-state index contributed by atoms with van der Waals surface area (Å²) >= 11 is 0. The van der Waals surface area contributed by atoms with Gasteiger partial charge in [0.05, 0.1) is 17.6 Å². The normalized spacial score (nSPS) is 59.6. The molecule has 0 aromatic heterocycles. The molecule has 20 atom stereocenters. The number of aliphatic hydroxyl groups excluding tert-OH is 1. The van der Waals surface area contributed by atoms with E-state index in [1.54, 1.807) is 6.92 Å². The Hall–Kier alpha value is -2.54. The molecule has 48 heavy (non-hydrogen) atoms. The van der Waals surface area contributed by atoms with Crippen LogP contribution in [-0.4, -0.2) is 88.0 Å². The van der Waals surface area contributed by atoms with Gasteiger partial charge < -0.3 is 38.6 Å². The number of epoxide rings is 2. The number of fused-ring (bicyclic) bond motifs is 9. The summed E-state index contributed by atoms with van der Waals surface area (Å²) in [4.78, 5) is 53.4. The molecule has 8 aliphatic rings. The van der Waals surface area contributed by atoms with Crippen LogP contribution in [0, 0.1) is 63.6 Å². The maximum atomic E-state index is 14.9. The predicted molar refractivity (Wildman–Crippen MR) is 163 cm³/mol. The van der Waals surface area contributed by atoms with Gasteiger partial charge in [0, 0.05) is 55.3 Å². The van der Waals surface area contributed by atoms with Crippen molar-refractivity contribution in [2.24, 2.45) is 63.6 Å². The van der Waals surface area contributed by atoms with Crippen molar-refractivity contribution in [3.63, 3.8) is 0 Å². The van der Waals surface area contributed by atoms with Crippen LogP contribution >= 0.6 is 0 Å². The van der Waals surface area contributed by atoms with E-state index in [0.717, 1.165) is 0 Å². The predicted octanol–water partition coefficient (Wildman–Crippen LogP) is 2.32. The third-order valence-corrected chi connectivity index (χ3v) is 15.3. The van der Waals surface area contributed by atoms with E-state index in [0.29, 0.717) is 6.42 Å². The summed E-state index contributed by atoms with van der Waals surface area (Å²) in [6.45, 7) is 19.4. The lowest BCUT2D eigenvalue weighted by Crippen LogP contribution is -2.72. The second-order valence-corrected chi connectivity index (χ2v) is 17.0. The molecule has 1 spiro atoms. The molecule has 3 saturated heterocycles. The minimum atomic E-state index is -1.61. The Bertz CT molecular complexity index is 1540. The molecule has 8 rings (SSSR count). The average Bonchev–Trinajstić information content (AvgIpc) is 3.88. The van der Waals surface area contributed by atoms with Crippen molar-refractivity contribution in [3.05, 3.63) is 12.3 Å². The number of rotatable bonds is 3. The van der Waals surface area contributed by atoms with E-state index in [1.807, 2.05) is 34.6 Å². The molecule has 5 saturated carbocycles. The molecular formula is C36H48O12. The lowest BCUT2D eigenvalue weighted by Gasteiger charge is -2.65. The second-order valence-electron chi connectivity index (χ2n) is 17.0. The SMILES string of the molecule is C=C1O[C@@]23O[C@H]2[C@@H](C)[C@H]2[C@@H]([C@H](OC(C)=O)[C@H]4[C@H]5[C@H]([C@H](C)[C@H](O)[C@@]42C)[C@]2(C)[C@H](C[C@@H]4O[C@@H]4[C@@H]2OC(C)=O)C(=O)[C@@H]5OC(C)=O)[C@@]3(C)[C@]1(C)O. The van der Waals surface area contributed by atoms with Crippen molar-refractivity contribution in [1.29, 1.82) is 0 Å².